The molecule has 1 saturated carbocycles. The normalized spacial score (nSPS) is 36.4. The first-order valence-electron chi connectivity index (χ1n) is 6.12. The van der Waals surface area contributed by atoms with Crippen LogP contribution in [-0.2, 0) is 4.74 Å². The largest absolute Gasteiger partial charge is 0.376 e. The van der Waals surface area contributed by atoms with Gasteiger partial charge in [0, 0.05) is 12.6 Å². The molecule has 1 N–H and O–H groups in total. The van der Waals surface area contributed by atoms with Gasteiger partial charge in [-0.1, -0.05) is 19.8 Å². The summed E-state index contributed by atoms with van der Waals surface area (Å²) in [5.41, 5.74) is 0. The second kappa shape index (κ2) is 4.63. The van der Waals surface area contributed by atoms with Crippen molar-refractivity contribution in [3.05, 3.63) is 0 Å². The minimum Gasteiger partial charge on any atom is -0.376 e. The molecule has 0 aromatic carbocycles. The second-order valence-corrected chi connectivity index (χ2v) is 4.96. The Kier molecular flexibility index (Phi) is 3.45. The molecular weight excluding hydrogens is 174 g/mol. The van der Waals surface area contributed by atoms with E-state index in [1.54, 1.807) is 0 Å². The van der Waals surface area contributed by atoms with Crippen LogP contribution in [0.1, 0.15) is 39.0 Å². The van der Waals surface area contributed by atoms with Gasteiger partial charge < -0.3 is 10.1 Å². The lowest BCUT2D eigenvalue weighted by atomic mass is 9.87. The molecule has 2 nitrogen and oxygen atoms in total. The van der Waals surface area contributed by atoms with Crippen LogP contribution in [0.15, 0.2) is 0 Å². The Morgan fingerprint density at radius 2 is 1.93 bits per heavy atom. The third-order valence-corrected chi connectivity index (χ3v) is 4.04. The molecule has 3 atom stereocenters. The van der Waals surface area contributed by atoms with Crippen LogP contribution in [0.25, 0.3) is 0 Å². The maximum absolute atomic E-state index is 5.87. The molecule has 1 aliphatic carbocycles. The Bertz CT molecular complexity index is 177. The van der Waals surface area contributed by atoms with E-state index in [1.807, 2.05) is 0 Å². The van der Waals surface area contributed by atoms with Crippen LogP contribution in [0.3, 0.4) is 0 Å². The molecular formula is C12H23NO. The summed E-state index contributed by atoms with van der Waals surface area (Å²) in [4.78, 5) is 0. The highest BCUT2D eigenvalue weighted by molar-refractivity contribution is 4.90. The highest BCUT2D eigenvalue weighted by Crippen LogP contribution is 2.34. The lowest BCUT2D eigenvalue weighted by Gasteiger charge is -2.30. The van der Waals surface area contributed by atoms with Gasteiger partial charge in [0.25, 0.3) is 0 Å². The first kappa shape index (κ1) is 10.4. The number of nitrogens with one attached hydrogen (secondary N) is 1. The number of rotatable bonds is 3. The number of ether oxygens (including phenoxy) is 1. The van der Waals surface area contributed by atoms with Crippen LogP contribution in [0.2, 0.25) is 0 Å². The van der Waals surface area contributed by atoms with E-state index in [2.05, 4.69) is 19.3 Å². The summed E-state index contributed by atoms with van der Waals surface area (Å²) in [6.07, 6.45) is 7.36. The monoisotopic (exact) mass is 197 g/mol. The lowest BCUT2D eigenvalue weighted by Crippen LogP contribution is -2.45. The van der Waals surface area contributed by atoms with E-state index in [-0.39, 0.29) is 0 Å². The fourth-order valence-electron chi connectivity index (χ4n) is 3.16. The van der Waals surface area contributed by atoms with Gasteiger partial charge in [-0.3, -0.25) is 0 Å². The summed E-state index contributed by atoms with van der Waals surface area (Å²) >= 11 is 0. The molecule has 0 aromatic heterocycles. The van der Waals surface area contributed by atoms with Crippen molar-refractivity contribution in [3.63, 3.8) is 0 Å². The molecule has 2 aliphatic rings. The van der Waals surface area contributed by atoms with E-state index in [0.29, 0.717) is 12.1 Å². The Morgan fingerprint density at radius 3 is 2.43 bits per heavy atom. The average molecular weight is 197 g/mol. The van der Waals surface area contributed by atoms with Crippen LogP contribution in [0, 0.1) is 11.8 Å². The van der Waals surface area contributed by atoms with E-state index in [0.717, 1.165) is 18.4 Å². The molecule has 0 bridgehead atoms. The van der Waals surface area contributed by atoms with E-state index in [1.165, 1.54) is 32.1 Å². The lowest BCUT2D eigenvalue weighted by molar-refractivity contribution is 0.0443. The molecule has 82 valence electrons. The van der Waals surface area contributed by atoms with Crippen LogP contribution >= 0.6 is 0 Å². The number of likely N-dealkylation sites (N-methyl/N-ethyl adjacent to an activating group) is 1. The SMILES string of the molecule is CNC(C1CCCC1)C1OCCC1C. The van der Waals surface area contributed by atoms with E-state index >= 15 is 0 Å². The standard InChI is InChI=1S/C12H23NO/c1-9-7-8-14-12(9)11(13-2)10-5-3-4-6-10/h9-13H,3-8H2,1-2H3. The van der Waals surface area contributed by atoms with Gasteiger partial charge in [-0.25, -0.2) is 0 Å². The molecule has 14 heavy (non-hydrogen) atoms. The summed E-state index contributed by atoms with van der Waals surface area (Å²) < 4.78 is 5.87. The van der Waals surface area contributed by atoms with Crippen molar-refractivity contribution in [2.24, 2.45) is 11.8 Å². The zero-order chi connectivity index (χ0) is 9.97. The Hall–Kier alpha value is -0.0800. The quantitative estimate of drug-likeness (QED) is 0.749. The van der Waals surface area contributed by atoms with Gasteiger partial charge in [0.2, 0.25) is 0 Å². The summed E-state index contributed by atoms with van der Waals surface area (Å²) in [6.45, 7) is 3.30. The van der Waals surface area contributed by atoms with Crippen molar-refractivity contribution in [1.82, 2.24) is 5.32 Å². The Morgan fingerprint density at radius 1 is 1.21 bits per heavy atom. The summed E-state index contributed by atoms with van der Waals surface area (Å²) in [5, 5.41) is 3.49. The molecule has 1 saturated heterocycles. The highest BCUT2D eigenvalue weighted by atomic mass is 16.5. The third kappa shape index (κ3) is 1.96. The fourth-order valence-corrected chi connectivity index (χ4v) is 3.16. The first-order chi connectivity index (χ1) is 6.83. The summed E-state index contributed by atoms with van der Waals surface area (Å²) in [7, 11) is 2.09. The zero-order valence-electron chi connectivity index (χ0n) is 9.46. The van der Waals surface area contributed by atoms with Crippen LogP contribution in [0.5, 0.6) is 0 Å². The molecule has 1 heterocycles. The van der Waals surface area contributed by atoms with Crippen LogP contribution in [0.4, 0.5) is 0 Å². The first-order valence-corrected chi connectivity index (χ1v) is 6.12. The third-order valence-electron chi connectivity index (χ3n) is 4.04. The number of hydrogen-bond acceptors (Lipinski definition) is 2. The molecule has 0 aromatic rings. The molecule has 0 radical (unpaired) electrons. The van der Waals surface area contributed by atoms with Crippen LogP contribution < -0.4 is 5.32 Å². The van der Waals surface area contributed by atoms with Gasteiger partial charge in [-0.05, 0) is 38.1 Å². The summed E-state index contributed by atoms with van der Waals surface area (Å²) in [6, 6.07) is 0.606. The van der Waals surface area contributed by atoms with Crippen molar-refractivity contribution in [2.75, 3.05) is 13.7 Å². The minimum atomic E-state index is 0.475. The second-order valence-electron chi connectivity index (χ2n) is 4.96. The maximum atomic E-state index is 5.87. The van der Waals surface area contributed by atoms with Crippen molar-refractivity contribution < 1.29 is 4.74 Å². The average Bonchev–Trinajstić information content (AvgIpc) is 2.80. The smallest absolute Gasteiger partial charge is 0.0756 e. The van der Waals surface area contributed by atoms with Gasteiger partial charge >= 0.3 is 0 Å². The van der Waals surface area contributed by atoms with Gasteiger partial charge in [-0.15, -0.1) is 0 Å². The molecule has 0 amide bonds. The number of hydrogen-bond donors (Lipinski definition) is 1. The molecule has 1 aliphatic heterocycles. The highest BCUT2D eigenvalue weighted by Gasteiger charge is 2.36. The molecule has 3 unspecified atom stereocenters. The zero-order valence-corrected chi connectivity index (χ0v) is 9.46. The molecule has 2 rings (SSSR count). The van der Waals surface area contributed by atoms with E-state index < -0.39 is 0 Å². The van der Waals surface area contributed by atoms with Gasteiger partial charge in [0.05, 0.1) is 6.10 Å². The van der Waals surface area contributed by atoms with E-state index in [4.69, 9.17) is 4.74 Å². The van der Waals surface area contributed by atoms with Crippen molar-refractivity contribution >= 4 is 0 Å². The van der Waals surface area contributed by atoms with Gasteiger partial charge in [0.15, 0.2) is 0 Å². The predicted octanol–water partition coefficient (Wildman–Crippen LogP) is 2.19. The van der Waals surface area contributed by atoms with Crippen molar-refractivity contribution in [1.29, 1.82) is 0 Å². The van der Waals surface area contributed by atoms with Crippen molar-refractivity contribution in [2.45, 2.75) is 51.2 Å². The van der Waals surface area contributed by atoms with Crippen LogP contribution in [-0.4, -0.2) is 25.8 Å². The Labute approximate surface area is 87.4 Å². The topological polar surface area (TPSA) is 21.3 Å². The van der Waals surface area contributed by atoms with E-state index in [9.17, 15) is 0 Å². The van der Waals surface area contributed by atoms with Gasteiger partial charge in [0.1, 0.15) is 0 Å². The minimum absolute atomic E-state index is 0.475. The Balaban J connectivity index is 1.96. The molecule has 2 heteroatoms. The molecule has 2 fully saturated rings. The maximum Gasteiger partial charge on any atom is 0.0756 e. The fraction of sp³-hybridized carbons (Fsp3) is 1.00. The van der Waals surface area contributed by atoms with Crippen molar-refractivity contribution in [3.8, 4) is 0 Å². The molecule has 0 spiro atoms. The summed E-state index contributed by atoms with van der Waals surface area (Å²) in [5.74, 6) is 1.61. The predicted molar refractivity (Wildman–Crippen MR) is 58.3 cm³/mol. The van der Waals surface area contributed by atoms with Gasteiger partial charge in [-0.2, -0.15) is 0 Å².